The first-order valence-corrected chi connectivity index (χ1v) is 11.3. The van der Waals surface area contributed by atoms with Crippen LogP contribution in [0.2, 0.25) is 0 Å². The van der Waals surface area contributed by atoms with E-state index in [0.29, 0.717) is 27.8 Å². The molecular formula is C22H21F2N7O2S. The normalized spacial score (nSPS) is 14.5. The smallest absolute Gasteiger partial charge is 0.387 e. The van der Waals surface area contributed by atoms with Crippen molar-refractivity contribution < 1.29 is 18.3 Å². The van der Waals surface area contributed by atoms with Crippen molar-refractivity contribution in [2.24, 2.45) is 7.05 Å². The van der Waals surface area contributed by atoms with Crippen LogP contribution in [-0.4, -0.2) is 67.2 Å². The number of thioether (sulfide) groups is 1. The number of ether oxygens (including phenoxy) is 1. The molecule has 4 heterocycles. The molecule has 0 unspecified atom stereocenters. The van der Waals surface area contributed by atoms with Crippen molar-refractivity contribution in [1.82, 2.24) is 29.3 Å². The topological polar surface area (TPSA) is 89.6 Å². The summed E-state index contributed by atoms with van der Waals surface area (Å²) in [4.78, 5) is 20.3. The molecule has 34 heavy (non-hydrogen) atoms. The third-order valence-corrected chi connectivity index (χ3v) is 6.51. The minimum atomic E-state index is -3.00. The molecule has 1 aliphatic heterocycles. The van der Waals surface area contributed by atoms with Crippen LogP contribution in [0.3, 0.4) is 0 Å². The number of aryl methyl sites for hydroxylation is 1. The maximum atomic E-state index is 13.1. The Balaban J connectivity index is 1.49. The third kappa shape index (κ3) is 4.46. The Morgan fingerprint density at radius 2 is 2.12 bits per heavy atom. The molecule has 0 bridgehead atoms. The molecule has 1 N–H and O–H groups in total. The van der Waals surface area contributed by atoms with E-state index >= 15 is 0 Å². The number of benzene rings is 1. The number of carbonyl (C=O) groups excluding carboxylic acids is 1. The van der Waals surface area contributed by atoms with E-state index in [2.05, 4.69) is 25.4 Å². The number of fused-ring (bicyclic) bond motifs is 1. The minimum Gasteiger partial charge on any atom is -0.434 e. The molecule has 1 saturated heterocycles. The van der Waals surface area contributed by atoms with Crippen molar-refractivity contribution in [2.75, 3.05) is 25.5 Å². The van der Waals surface area contributed by atoms with E-state index in [1.807, 2.05) is 7.05 Å². The molecule has 1 amide bonds. The van der Waals surface area contributed by atoms with Gasteiger partial charge >= 0.3 is 6.61 Å². The number of halogens is 2. The highest BCUT2D eigenvalue weighted by molar-refractivity contribution is 8.00. The molecule has 12 heteroatoms. The van der Waals surface area contributed by atoms with Crippen LogP contribution in [0.1, 0.15) is 10.4 Å². The zero-order valence-electron chi connectivity index (χ0n) is 18.4. The number of likely N-dealkylation sites (tertiary alicyclic amines) is 1. The van der Waals surface area contributed by atoms with Gasteiger partial charge in [0.05, 0.1) is 11.9 Å². The molecule has 1 aromatic carbocycles. The fourth-order valence-corrected chi connectivity index (χ4v) is 5.21. The molecule has 0 aliphatic carbocycles. The summed E-state index contributed by atoms with van der Waals surface area (Å²) in [7, 11) is 3.73. The molecule has 0 atom stereocenters. The summed E-state index contributed by atoms with van der Waals surface area (Å²) < 4.78 is 34.1. The SMILES string of the molecule is CN1CC(Sc2ccc(OC(F)F)c(-c3nn(C)cc3NC(=O)c3cnn4cccnc34)c2)C1. The van der Waals surface area contributed by atoms with Crippen LogP contribution in [-0.2, 0) is 7.05 Å². The molecule has 0 saturated carbocycles. The number of hydrogen-bond acceptors (Lipinski definition) is 7. The van der Waals surface area contributed by atoms with Gasteiger partial charge in [-0.1, -0.05) is 0 Å². The summed E-state index contributed by atoms with van der Waals surface area (Å²) in [5, 5.41) is 11.8. The number of hydrogen-bond donors (Lipinski definition) is 1. The maximum Gasteiger partial charge on any atom is 0.387 e. The van der Waals surface area contributed by atoms with E-state index in [-0.39, 0.29) is 11.3 Å². The lowest BCUT2D eigenvalue weighted by Crippen LogP contribution is -2.45. The number of anilines is 1. The molecule has 1 fully saturated rings. The van der Waals surface area contributed by atoms with E-state index < -0.39 is 12.5 Å². The lowest BCUT2D eigenvalue weighted by molar-refractivity contribution is -0.0494. The van der Waals surface area contributed by atoms with Gasteiger partial charge in [0.1, 0.15) is 17.0 Å². The Hall–Kier alpha value is -3.51. The largest absolute Gasteiger partial charge is 0.434 e. The van der Waals surface area contributed by atoms with Gasteiger partial charge in [0.2, 0.25) is 0 Å². The van der Waals surface area contributed by atoms with Crippen LogP contribution < -0.4 is 10.1 Å². The number of alkyl halides is 2. The molecule has 3 aromatic heterocycles. The average Bonchev–Trinajstić information content (AvgIpc) is 3.36. The number of nitrogens with one attached hydrogen (secondary N) is 1. The van der Waals surface area contributed by atoms with E-state index in [4.69, 9.17) is 4.74 Å². The zero-order valence-corrected chi connectivity index (χ0v) is 19.2. The highest BCUT2D eigenvalue weighted by atomic mass is 32.2. The number of nitrogens with zero attached hydrogens (tertiary/aromatic N) is 6. The van der Waals surface area contributed by atoms with Crippen LogP contribution in [0.15, 0.2) is 53.9 Å². The summed E-state index contributed by atoms with van der Waals surface area (Å²) in [5.74, 6) is -0.459. The monoisotopic (exact) mass is 485 g/mol. The van der Waals surface area contributed by atoms with Crippen LogP contribution in [0.4, 0.5) is 14.5 Å². The predicted molar refractivity (Wildman–Crippen MR) is 123 cm³/mol. The van der Waals surface area contributed by atoms with Crippen molar-refractivity contribution in [3.63, 3.8) is 0 Å². The highest BCUT2D eigenvalue weighted by Crippen LogP contribution is 2.39. The Morgan fingerprint density at radius 3 is 2.88 bits per heavy atom. The van der Waals surface area contributed by atoms with Crippen LogP contribution in [0.5, 0.6) is 5.75 Å². The van der Waals surface area contributed by atoms with Crippen LogP contribution in [0.25, 0.3) is 16.9 Å². The first kappa shape index (κ1) is 22.3. The third-order valence-electron chi connectivity index (χ3n) is 5.36. The number of aromatic nitrogens is 5. The Kier molecular flexibility index (Phi) is 5.92. The number of rotatable bonds is 7. The molecule has 0 radical (unpaired) electrons. The molecule has 4 aromatic rings. The average molecular weight is 486 g/mol. The second-order valence-electron chi connectivity index (χ2n) is 7.96. The van der Waals surface area contributed by atoms with Gasteiger partial charge in [0.25, 0.3) is 5.91 Å². The van der Waals surface area contributed by atoms with Gasteiger partial charge in [-0.3, -0.25) is 9.48 Å². The fraction of sp³-hybridized carbons (Fsp3) is 0.273. The van der Waals surface area contributed by atoms with Crippen molar-refractivity contribution in [3.8, 4) is 17.0 Å². The van der Waals surface area contributed by atoms with Crippen molar-refractivity contribution in [3.05, 3.63) is 54.6 Å². The number of carbonyl (C=O) groups is 1. The molecule has 1 aliphatic rings. The molecular weight excluding hydrogens is 464 g/mol. The van der Waals surface area contributed by atoms with Gasteiger partial charge in [-0.25, -0.2) is 9.50 Å². The predicted octanol–water partition coefficient (Wildman–Crippen LogP) is 3.39. The molecule has 176 valence electrons. The molecule has 9 nitrogen and oxygen atoms in total. The minimum absolute atomic E-state index is 0.0167. The Morgan fingerprint density at radius 1 is 1.29 bits per heavy atom. The van der Waals surface area contributed by atoms with Gasteiger partial charge in [-0.05, 0) is 31.3 Å². The summed E-state index contributed by atoms with van der Waals surface area (Å²) in [6.07, 6.45) is 6.29. The van der Waals surface area contributed by atoms with E-state index in [0.717, 1.165) is 18.0 Å². The standard InChI is InChI=1S/C22H21F2N7O2S/c1-29-10-14(11-29)34-13-4-5-18(33-22(23)24)15(8-13)19-17(12-30(2)28-19)27-21(32)16-9-26-31-7-3-6-25-20(16)31/h3-9,12,14,22H,10-11H2,1-2H3,(H,27,32). The van der Waals surface area contributed by atoms with Crippen LogP contribution >= 0.6 is 11.8 Å². The van der Waals surface area contributed by atoms with Crippen molar-refractivity contribution in [1.29, 1.82) is 0 Å². The summed E-state index contributed by atoms with van der Waals surface area (Å²) in [5.41, 5.74) is 1.72. The quantitative estimate of drug-likeness (QED) is 0.429. The van der Waals surface area contributed by atoms with Crippen molar-refractivity contribution in [2.45, 2.75) is 16.8 Å². The summed E-state index contributed by atoms with van der Waals surface area (Å²) in [6.45, 7) is -1.09. The molecule has 5 rings (SSSR count). The van der Waals surface area contributed by atoms with Crippen LogP contribution in [0, 0.1) is 0 Å². The Bertz CT molecular complexity index is 1350. The maximum absolute atomic E-state index is 13.1. The van der Waals surface area contributed by atoms with Crippen molar-refractivity contribution >= 4 is 29.0 Å². The summed E-state index contributed by atoms with van der Waals surface area (Å²) in [6, 6.07) is 6.76. The first-order chi connectivity index (χ1) is 16.4. The second kappa shape index (κ2) is 9.03. The van der Waals surface area contributed by atoms with E-state index in [9.17, 15) is 13.6 Å². The second-order valence-corrected chi connectivity index (χ2v) is 9.34. The number of amides is 1. The van der Waals surface area contributed by atoms with Gasteiger partial charge in [-0.15, -0.1) is 11.8 Å². The van der Waals surface area contributed by atoms with Gasteiger partial charge in [0.15, 0.2) is 5.65 Å². The zero-order chi connectivity index (χ0) is 23.8. The van der Waals surface area contributed by atoms with Gasteiger partial charge < -0.3 is 15.0 Å². The van der Waals surface area contributed by atoms with E-state index in [1.54, 1.807) is 55.6 Å². The summed E-state index contributed by atoms with van der Waals surface area (Å²) >= 11 is 1.67. The lowest BCUT2D eigenvalue weighted by Gasteiger charge is -2.35. The first-order valence-electron chi connectivity index (χ1n) is 10.4. The van der Waals surface area contributed by atoms with Gasteiger partial charge in [0, 0.05) is 54.4 Å². The lowest BCUT2D eigenvalue weighted by atomic mass is 10.1. The van der Waals surface area contributed by atoms with E-state index in [1.165, 1.54) is 21.5 Å². The fourth-order valence-electron chi connectivity index (χ4n) is 3.83. The highest BCUT2D eigenvalue weighted by Gasteiger charge is 2.26. The Labute approximate surface area is 197 Å². The van der Waals surface area contributed by atoms with Gasteiger partial charge in [-0.2, -0.15) is 19.0 Å². The molecule has 0 spiro atoms.